The van der Waals surface area contributed by atoms with Crippen LogP contribution < -0.4 is 10.1 Å². The summed E-state index contributed by atoms with van der Waals surface area (Å²) >= 11 is 0. The van der Waals surface area contributed by atoms with Gasteiger partial charge in [0.15, 0.2) is 0 Å². The molecule has 160 valence electrons. The zero-order chi connectivity index (χ0) is 22.3. The van der Waals surface area contributed by atoms with Crippen LogP contribution in [0.3, 0.4) is 0 Å². The van der Waals surface area contributed by atoms with Crippen molar-refractivity contribution >= 4 is 17.4 Å². The van der Waals surface area contributed by atoms with E-state index in [0.717, 1.165) is 24.3 Å². The summed E-state index contributed by atoms with van der Waals surface area (Å²) in [6.07, 6.45) is 4.07. The van der Waals surface area contributed by atoms with Crippen LogP contribution in [0.25, 0.3) is 0 Å². The van der Waals surface area contributed by atoms with Crippen molar-refractivity contribution in [2.45, 2.75) is 19.4 Å². The van der Waals surface area contributed by atoms with E-state index in [1.165, 1.54) is 6.33 Å². The summed E-state index contributed by atoms with van der Waals surface area (Å²) in [6.45, 7) is 3.06. The van der Waals surface area contributed by atoms with Gasteiger partial charge in [0.05, 0.1) is 17.3 Å². The van der Waals surface area contributed by atoms with Crippen molar-refractivity contribution < 1.29 is 14.8 Å². The molecular weight excluding hydrogens is 402 g/mol. The smallest absolute Gasteiger partial charge is 0.298 e. The van der Waals surface area contributed by atoms with Crippen LogP contribution in [0.1, 0.15) is 24.5 Å². The first-order valence-corrected chi connectivity index (χ1v) is 10.4. The van der Waals surface area contributed by atoms with Crippen LogP contribution in [0.15, 0.2) is 67.1 Å². The van der Waals surface area contributed by atoms with Crippen LogP contribution in [0, 0.1) is 17.3 Å². The van der Waals surface area contributed by atoms with E-state index in [2.05, 4.69) is 21.8 Å². The quantitative estimate of drug-likeness (QED) is 0.448. The minimum absolute atomic E-state index is 0.120. The lowest BCUT2D eigenvalue weighted by Crippen LogP contribution is -2.84. The molecule has 0 aliphatic carbocycles. The molecule has 1 aliphatic rings. The van der Waals surface area contributed by atoms with E-state index in [9.17, 15) is 4.79 Å². The summed E-state index contributed by atoms with van der Waals surface area (Å²) in [6, 6.07) is 17.1. The number of rotatable bonds is 7. The second-order valence-corrected chi connectivity index (χ2v) is 7.39. The fourth-order valence-electron chi connectivity index (χ4n) is 3.54. The van der Waals surface area contributed by atoms with Gasteiger partial charge in [0.1, 0.15) is 24.4 Å². The molecule has 2 heterocycles. The Morgan fingerprint density at radius 2 is 1.94 bits per heavy atom. The Morgan fingerprint density at radius 1 is 1.19 bits per heavy atom. The van der Waals surface area contributed by atoms with E-state index in [-0.39, 0.29) is 11.9 Å². The number of aromatic nitrogens is 2. The van der Waals surface area contributed by atoms with E-state index in [1.807, 2.05) is 59.9 Å². The van der Waals surface area contributed by atoms with Gasteiger partial charge in [-0.1, -0.05) is 24.1 Å². The van der Waals surface area contributed by atoms with Crippen LogP contribution in [-0.4, -0.2) is 45.6 Å². The van der Waals surface area contributed by atoms with E-state index in [1.54, 1.807) is 18.0 Å². The van der Waals surface area contributed by atoms with Crippen LogP contribution in [0.5, 0.6) is 11.5 Å². The zero-order valence-corrected chi connectivity index (χ0v) is 17.8. The van der Waals surface area contributed by atoms with Gasteiger partial charge in [-0.25, -0.2) is 4.98 Å². The Balaban J connectivity index is 1.43. The predicted molar refractivity (Wildman–Crippen MR) is 121 cm³/mol. The number of benzene rings is 2. The maximum absolute atomic E-state index is 12.0. The molecule has 3 aromatic rings. The highest BCUT2D eigenvalue weighted by Crippen LogP contribution is 2.22. The highest BCUT2D eigenvalue weighted by molar-refractivity contribution is 6.12. The molecule has 1 saturated heterocycles. The molecule has 7 heteroatoms. The lowest BCUT2D eigenvalue weighted by Gasteiger charge is -2.38. The largest absolute Gasteiger partial charge is 0.457 e. The van der Waals surface area contributed by atoms with E-state index < -0.39 is 0 Å². The molecule has 1 atom stereocenters. The molecular formula is C25H24N5O2+. The van der Waals surface area contributed by atoms with Gasteiger partial charge >= 0.3 is 0 Å². The summed E-state index contributed by atoms with van der Waals surface area (Å²) in [4.78, 5) is 22.3. The third-order valence-electron chi connectivity index (χ3n) is 5.35. The summed E-state index contributed by atoms with van der Waals surface area (Å²) in [5, 5.41) is 10.7. The second-order valence-electron chi connectivity index (χ2n) is 7.39. The third-order valence-corrected chi connectivity index (χ3v) is 5.35. The number of carbonyl (C=O) groups excluding carboxylic acids is 1. The monoisotopic (exact) mass is 426 g/mol. The first-order valence-electron chi connectivity index (χ1n) is 10.4. The molecule has 3 N–H and O–H groups in total. The van der Waals surface area contributed by atoms with Gasteiger partial charge in [0.25, 0.3) is 5.91 Å². The summed E-state index contributed by atoms with van der Waals surface area (Å²) in [5.74, 6) is 7.28. The van der Waals surface area contributed by atoms with Crippen LogP contribution >= 0.6 is 0 Å². The van der Waals surface area contributed by atoms with Crippen molar-refractivity contribution in [3.8, 4) is 23.3 Å². The van der Waals surface area contributed by atoms with E-state index in [0.29, 0.717) is 29.4 Å². The molecule has 32 heavy (non-hydrogen) atoms. The van der Waals surface area contributed by atoms with Crippen LogP contribution in [0.4, 0.5) is 5.82 Å². The number of hydrogen-bond donors (Lipinski definition) is 2. The highest BCUT2D eigenvalue weighted by atomic mass is 16.5. The van der Waals surface area contributed by atoms with Crippen molar-refractivity contribution in [2.24, 2.45) is 0 Å². The molecule has 1 aliphatic heterocycles. The molecule has 7 nitrogen and oxygen atoms in total. The van der Waals surface area contributed by atoms with Gasteiger partial charge in [-0.05, 0) is 55.7 Å². The van der Waals surface area contributed by atoms with E-state index >= 15 is 0 Å². The first-order chi connectivity index (χ1) is 15.7. The van der Waals surface area contributed by atoms with E-state index in [4.69, 9.17) is 10.1 Å². The summed E-state index contributed by atoms with van der Waals surface area (Å²) in [7, 11) is 0. The van der Waals surface area contributed by atoms with Crippen molar-refractivity contribution in [3.63, 3.8) is 0 Å². The lowest BCUT2D eigenvalue weighted by molar-refractivity contribution is -0.582. The second kappa shape index (κ2) is 9.86. The number of quaternary nitrogens is 1. The molecule has 4 rings (SSSR count). The number of nitrogens with zero attached hydrogens (tertiary/aromatic N) is 3. The highest BCUT2D eigenvalue weighted by Gasteiger charge is 2.33. The topological polar surface area (TPSA) is 95.8 Å². The molecule has 0 spiro atoms. The fraction of sp³-hybridized carbons (Fsp3) is 0.200. The van der Waals surface area contributed by atoms with Crippen LogP contribution in [-0.2, 0) is 4.79 Å². The van der Waals surface area contributed by atoms with Gasteiger partial charge in [-0.2, -0.15) is 4.98 Å². The molecule has 1 aromatic heterocycles. The number of nitrogens with one attached hydrogen (secondary N) is 1. The summed E-state index contributed by atoms with van der Waals surface area (Å²) in [5.41, 5.74) is 1.73. The molecule has 0 saturated carbocycles. The Hall–Kier alpha value is -4.02. The van der Waals surface area contributed by atoms with Gasteiger partial charge in [-0.3, -0.25) is 15.5 Å². The van der Waals surface area contributed by atoms with Crippen molar-refractivity contribution in [3.05, 3.63) is 78.2 Å². The Labute approximate surface area is 187 Å². The maximum atomic E-state index is 12.0. The minimum atomic E-state index is -0.134. The molecule has 2 aromatic carbocycles. The molecule has 0 bridgehead atoms. The minimum Gasteiger partial charge on any atom is -0.457 e. The normalized spacial score (nSPS) is 14.7. The molecule has 1 amide bonds. The Kier molecular flexibility index (Phi) is 6.54. The number of nitrogens with two attached hydrogens (primary N) is 1. The van der Waals surface area contributed by atoms with Crippen LogP contribution in [0.2, 0.25) is 0 Å². The van der Waals surface area contributed by atoms with Crippen molar-refractivity contribution in [1.82, 2.24) is 14.9 Å². The summed E-state index contributed by atoms with van der Waals surface area (Å²) < 4.78 is 5.83. The average molecular weight is 427 g/mol. The predicted octanol–water partition coefficient (Wildman–Crippen LogP) is 2.50. The average Bonchev–Trinajstić information content (AvgIpc) is 2.80. The fourth-order valence-corrected chi connectivity index (χ4v) is 3.54. The standard InChI is InChI=1S/C25H23N5O2/c1-2-6-23(31)30-14-13-19(30)15-28-25-22(16-27-17-29-25)24(26)18-9-11-21(12-10-18)32-20-7-4-3-5-8-20/h3-5,7-12,16-17,19,26H,13-15H2,1H3,(H,27,28,29)/p+1. The van der Waals surface area contributed by atoms with Crippen molar-refractivity contribution in [2.75, 3.05) is 13.1 Å². The SMILES string of the molecule is CC#CC(=O)N1CCC1C[NH2+]c1ncncc1C(=N)c1ccc(Oc2ccccc2)cc1. The van der Waals surface area contributed by atoms with Gasteiger partial charge < -0.3 is 9.64 Å². The number of likely N-dealkylation sites (tertiary alicyclic amines) is 1. The number of hydrogen-bond acceptors (Lipinski definition) is 5. The zero-order valence-electron chi connectivity index (χ0n) is 17.8. The van der Waals surface area contributed by atoms with Gasteiger partial charge in [0, 0.05) is 18.3 Å². The third kappa shape index (κ3) is 4.82. The number of amides is 1. The maximum Gasteiger partial charge on any atom is 0.298 e. The molecule has 1 fully saturated rings. The molecule has 1 unspecified atom stereocenters. The lowest BCUT2D eigenvalue weighted by atomic mass is 10.0. The Morgan fingerprint density at radius 3 is 2.62 bits per heavy atom. The Bertz CT molecular complexity index is 1170. The molecule has 0 radical (unpaired) electrons. The first kappa shape index (κ1) is 21.2. The number of para-hydroxylation sites is 1. The van der Waals surface area contributed by atoms with Crippen molar-refractivity contribution in [1.29, 1.82) is 5.41 Å². The number of carbonyl (C=O) groups is 1. The van der Waals surface area contributed by atoms with Gasteiger partial charge in [-0.15, -0.1) is 0 Å². The number of ether oxygens (including phenoxy) is 1. The van der Waals surface area contributed by atoms with Gasteiger partial charge in [0.2, 0.25) is 5.82 Å².